The van der Waals surface area contributed by atoms with E-state index in [1.165, 1.54) is 122 Å². The molecule has 0 fully saturated rings. The van der Waals surface area contributed by atoms with Crippen LogP contribution in [0.15, 0.2) is 60.8 Å². The number of amides is 1. The number of nitrogens with one attached hydrogen (secondary N) is 1. The molecule has 342 valence electrons. The highest BCUT2D eigenvalue weighted by Gasteiger charge is 2.24. The van der Waals surface area contributed by atoms with E-state index in [9.17, 15) is 19.8 Å². The zero-order chi connectivity index (χ0) is 43.1. The topological polar surface area (TPSA) is 95.9 Å². The third-order valence-electron chi connectivity index (χ3n) is 11.2. The van der Waals surface area contributed by atoms with Crippen molar-refractivity contribution in [3.8, 4) is 0 Å². The molecule has 0 saturated heterocycles. The minimum Gasteiger partial charge on any atom is -0.462 e. The molecule has 0 aromatic carbocycles. The number of carbonyl (C=O) groups is 2. The maximum Gasteiger partial charge on any atom is 0.306 e. The highest BCUT2D eigenvalue weighted by molar-refractivity contribution is 5.77. The van der Waals surface area contributed by atoms with Gasteiger partial charge in [-0.25, -0.2) is 0 Å². The molecule has 0 aliphatic carbocycles. The first-order valence-corrected chi connectivity index (χ1v) is 25.1. The number of unbranched alkanes of at least 4 members (excludes halogenated alkanes) is 26. The lowest BCUT2D eigenvalue weighted by Crippen LogP contribution is -2.46. The molecule has 0 rings (SSSR count). The van der Waals surface area contributed by atoms with Gasteiger partial charge in [-0.2, -0.15) is 0 Å². The molecule has 0 saturated carbocycles. The average molecular weight is 826 g/mol. The number of rotatable bonds is 44. The molecule has 0 aliphatic heterocycles. The molecule has 0 aliphatic rings. The van der Waals surface area contributed by atoms with Crippen LogP contribution in [0.5, 0.6) is 0 Å². The van der Waals surface area contributed by atoms with Crippen molar-refractivity contribution in [3.05, 3.63) is 60.8 Å². The molecule has 0 aromatic rings. The van der Waals surface area contributed by atoms with Crippen molar-refractivity contribution in [2.24, 2.45) is 0 Å². The van der Waals surface area contributed by atoms with E-state index in [0.29, 0.717) is 19.3 Å². The van der Waals surface area contributed by atoms with Gasteiger partial charge in [-0.15, -0.1) is 0 Å². The Balaban J connectivity index is 4.64. The molecule has 3 N–H and O–H groups in total. The van der Waals surface area contributed by atoms with Gasteiger partial charge in [0.15, 0.2) is 0 Å². The molecular weight excluding hydrogens is 731 g/mol. The summed E-state index contributed by atoms with van der Waals surface area (Å²) in [4.78, 5) is 26.1. The quantitative estimate of drug-likeness (QED) is 0.0323. The van der Waals surface area contributed by atoms with Gasteiger partial charge in [0, 0.05) is 6.42 Å². The zero-order valence-electron chi connectivity index (χ0n) is 38.9. The van der Waals surface area contributed by atoms with Crippen molar-refractivity contribution in [2.45, 2.75) is 257 Å². The molecule has 0 heterocycles. The third kappa shape index (κ3) is 42.1. The van der Waals surface area contributed by atoms with Gasteiger partial charge in [0.25, 0.3) is 0 Å². The van der Waals surface area contributed by atoms with Crippen LogP contribution in [0.3, 0.4) is 0 Å². The first-order valence-electron chi connectivity index (χ1n) is 25.1. The van der Waals surface area contributed by atoms with Crippen LogP contribution in [0.1, 0.15) is 239 Å². The van der Waals surface area contributed by atoms with Gasteiger partial charge in [0.05, 0.1) is 25.2 Å². The van der Waals surface area contributed by atoms with Gasteiger partial charge in [0.1, 0.15) is 6.10 Å². The van der Waals surface area contributed by atoms with E-state index in [1.54, 1.807) is 0 Å². The highest BCUT2D eigenvalue weighted by atomic mass is 16.5. The normalized spacial score (nSPS) is 13.8. The number of hydrogen-bond acceptors (Lipinski definition) is 5. The Morgan fingerprint density at radius 3 is 1.37 bits per heavy atom. The molecule has 0 bridgehead atoms. The summed E-state index contributed by atoms with van der Waals surface area (Å²) in [5.41, 5.74) is 0. The fraction of sp³-hybridized carbons (Fsp3) is 0.774. The summed E-state index contributed by atoms with van der Waals surface area (Å²) in [7, 11) is 0. The summed E-state index contributed by atoms with van der Waals surface area (Å²) >= 11 is 0. The number of aliphatic hydroxyl groups is 2. The Bertz CT molecular complexity index is 1060. The Kier molecular flexibility index (Phi) is 44.7. The van der Waals surface area contributed by atoms with Gasteiger partial charge < -0.3 is 20.3 Å². The van der Waals surface area contributed by atoms with Crippen LogP contribution < -0.4 is 5.32 Å². The minimum absolute atomic E-state index is 0.0609. The SMILES string of the molecule is CC/C=C/C=C/C=C\C=C/C=C/CCCCCC(=O)OC(CCCCCCCCCCCCCC)CC(=O)NC(CO)C(O)CCCCCCCCCCCCCCC. The smallest absolute Gasteiger partial charge is 0.306 e. The Morgan fingerprint density at radius 1 is 0.508 bits per heavy atom. The van der Waals surface area contributed by atoms with Crippen molar-refractivity contribution in [2.75, 3.05) is 6.61 Å². The number of esters is 1. The molecule has 0 radical (unpaired) electrons. The van der Waals surface area contributed by atoms with E-state index in [1.807, 2.05) is 36.5 Å². The maximum atomic E-state index is 13.2. The zero-order valence-corrected chi connectivity index (χ0v) is 38.9. The van der Waals surface area contributed by atoms with Crippen molar-refractivity contribution < 1.29 is 24.5 Å². The molecule has 3 unspecified atom stereocenters. The lowest BCUT2D eigenvalue weighted by Gasteiger charge is -2.24. The first-order chi connectivity index (χ1) is 29.0. The van der Waals surface area contributed by atoms with Crippen LogP contribution in [-0.2, 0) is 14.3 Å². The Labute approximate surface area is 365 Å². The number of ether oxygens (including phenoxy) is 1. The highest BCUT2D eigenvalue weighted by Crippen LogP contribution is 2.18. The number of allylic oxidation sites excluding steroid dienone is 10. The summed E-state index contributed by atoms with van der Waals surface area (Å²) in [5.74, 6) is -0.519. The van der Waals surface area contributed by atoms with Gasteiger partial charge >= 0.3 is 5.97 Å². The second kappa shape index (κ2) is 46.6. The minimum atomic E-state index is -0.794. The number of hydrogen-bond donors (Lipinski definition) is 3. The fourth-order valence-corrected chi connectivity index (χ4v) is 7.45. The van der Waals surface area contributed by atoms with Crippen molar-refractivity contribution in [1.82, 2.24) is 5.32 Å². The lowest BCUT2D eigenvalue weighted by atomic mass is 10.0. The molecule has 6 heteroatoms. The van der Waals surface area contributed by atoms with E-state index in [4.69, 9.17) is 4.74 Å². The van der Waals surface area contributed by atoms with Crippen molar-refractivity contribution in [3.63, 3.8) is 0 Å². The molecule has 0 aromatic heterocycles. The van der Waals surface area contributed by atoms with Gasteiger partial charge in [-0.3, -0.25) is 9.59 Å². The average Bonchev–Trinajstić information content (AvgIpc) is 3.23. The van der Waals surface area contributed by atoms with Crippen molar-refractivity contribution >= 4 is 11.9 Å². The van der Waals surface area contributed by atoms with Gasteiger partial charge in [0.2, 0.25) is 5.91 Å². The molecular formula is C53H95NO5. The largest absolute Gasteiger partial charge is 0.462 e. The monoisotopic (exact) mass is 826 g/mol. The number of carbonyl (C=O) groups excluding carboxylic acids is 2. The predicted molar refractivity (Wildman–Crippen MR) is 255 cm³/mol. The van der Waals surface area contributed by atoms with E-state index in [2.05, 4.69) is 50.4 Å². The van der Waals surface area contributed by atoms with Gasteiger partial charge in [-0.1, -0.05) is 242 Å². The Hall–Kier alpha value is -2.44. The van der Waals surface area contributed by atoms with Crippen LogP contribution in [0.25, 0.3) is 0 Å². The van der Waals surface area contributed by atoms with Crippen molar-refractivity contribution in [1.29, 1.82) is 0 Å². The summed E-state index contributed by atoms with van der Waals surface area (Å²) in [6.45, 7) is 6.33. The summed E-state index contributed by atoms with van der Waals surface area (Å²) in [5, 5.41) is 23.7. The fourth-order valence-electron chi connectivity index (χ4n) is 7.45. The van der Waals surface area contributed by atoms with Crippen LogP contribution in [0.4, 0.5) is 0 Å². The summed E-state index contributed by atoms with van der Waals surface area (Å²) < 4.78 is 5.91. The van der Waals surface area contributed by atoms with E-state index < -0.39 is 18.2 Å². The van der Waals surface area contributed by atoms with Crippen LogP contribution in [-0.4, -0.2) is 46.9 Å². The van der Waals surface area contributed by atoms with Crippen LogP contribution >= 0.6 is 0 Å². The van der Waals surface area contributed by atoms with E-state index in [0.717, 1.165) is 70.6 Å². The Morgan fingerprint density at radius 2 is 0.915 bits per heavy atom. The maximum absolute atomic E-state index is 13.2. The molecule has 1 amide bonds. The van der Waals surface area contributed by atoms with Gasteiger partial charge in [-0.05, 0) is 44.9 Å². The molecule has 59 heavy (non-hydrogen) atoms. The lowest BCUT2D eigenvalue weighted by molar-refractivity contribution is -0.151. The van der Waals surface area contributed by atoms with Crippen LogP contribution in [0.2, 0.25) is 0 Å². The molecule has 6 nitrogen and oxygen atoms in total. The number of aliphatic hydroxyl groups excluding tert-OH is 2. The molecule has 3 atom stereocenters. The van der Waals surface area contributed by atoms with E-state index >= 15 is 0 Å². The van der Waals surface area contributed by atoms with E-state index in [-0.39, 0.29) is 24.9 Å². The van der Waals surface area contributed by atoms with Crippen LogP contribution in [0, 0.1) is 0 Å². The summed E-state index contributed by atoms with van der Waals surface area (Å²) in [6, 6.07) is -0.709. The third-order valence-corrected chi connectivity index (χ3v) is 11.2. The standard InChI is InChI=1S/C53H95NO5/c1-4-7-10-13-16-19-22-25-26-28-31-34-37-40-43-46-53(58)59-49(44-41-38-35-32-29-24-21-18-15-12-9-6-3)47-52(57)54-50(48-55)51(56)45-42-39-36-33-30-27-23-20-17-14-11-8-5-2/h7,10,13,16,19,22,25-26,28,31,49-51,55-56H,4-6,8-9,11-12,14-15,17-18,20-21,23-24,27,29-30,32-48H2,1-3H3,(H,54,57)/b10-7+,16-13+,22-19-,26-25-,31-28+. The first kappa shape index (κ1) is 56.6. The summed E-state index contributed by atoms with van der Waals surface area (Å²) in [6.07, 6.45) is 57.0. The molecule has 0 spiro atoms. The second-order valence-electron chi connectivity index (χ2n) is 17.0. The second-order valence-corrected chi connectivity index (χ2v) is 17.0. The predicted octanol–water partition coefficient (Wildman–Crippen LogP) is 14.8.